The van der Waals surface area contributed by atoms with Crippen molar-refractivity contribution in [1.82, 2.24) is 10.2 Å². The number of nitrogens with zero attached hydrogens (tertiary/aromatic N) is 1. The van der Waals surface area contributed by atoms with Gasteiger partial charge >= 0.3 is 6.03 Å². The first-order valence-electron chi connectivity index (χ1n) is 5.89. The second-order valence-electron chi connectivity index (χ2n) is 4.23. The van der Waals surface area contributed by atoms with Crippen molar-refractivity contribution in [3.05, 3.63) is 22.4 Å². The van der Waals surface area contributed by atoms with E-state index in [9.17, 15) is 9.59 Å². The van der Waals surface area contributed by atoms with Crippen LogP contribution in [0.2, 0.25) is 0 Å². The Morgan fingerprint density at radius 1 is 1.50 bits per heavy atom. The number of hydrogen-bond acceptors (Lipinski definition) is 3. The summed E-state index contributed by atoms with van der Waals surface area (Å²) in [7, 11) is 0. The lowest BCUT2D eigenvalue weighted by Crippen LogP contribution is -2.43. The zero-order chi connectivity index (χ0) is 13.0. The standard InChI is InChI=1S/C12H15ClN2O2S/c13-6-5-11(16)14-12(17)15(9-3-4-9)8-10-2-1-7-18-10/h1-2,7,9H,3-6,8H2,(H,14,16,17). The number of urea groups is 1. The van der Waals surface area contributed by atoms with E-state index in [1.165, 1.54) is 0 Å². The first-order valence-corrected chi connectivity index (χ1v) is 7.31. The molecule has 1 aliphatic rings. The number of hydrogen-bond donors (Lipinski definition) is 1. The van der Waals surface area contributed by atoms with Crippen LogP contribution in [-0.2, 0) is 11.3 Å². The summed E-state index contributed by atoms with van der Waals surface area (Å²) < 4.78 is 0. The highest BCUT2D eigenvalue weighted by Crippen LogP contribution is 2.29. The van der Waals surface area contributed by atoms with E-state index in [0.29, 0.717) is 6.54 Å². The number of alkyl halides is 1. The van der Waals surface area contributed by atoms with Crippen molar-refractivity contribution in [1.29, 1.82) is 0 Å². The third-order valence-electron chi connectivity index (χ3n) is 2.72. The molecule has 2 rings (SSSR count). The van der Waals surface area contributed by atoms with Gasteiger partial charge < -0.3 is 4.90 Å². The lowest BCUT2D eigenvalue weighted by atomic mass is 10.4. The van der Waals surface area contributed by atoms with E-state index in [1.54, 1.807) is 16.2 Å². The Morgan fingerprint density at radius 3 is 2.83 bits per heavy atom. The topological polar surface area (TPSA) is 49.4 Å². The Labute approximate surface area is 115 Å². The minimum absolute atomic E-state index is 0.171. The Bertz CT molecular complexity index is 418. The number of nitrogens with one attached hydrogen (secondary N) is 1. The monoisotopic (exact) mass is 286 g/mol. The fourth-order valence-corrected chi connectivity index (χ4v) is 2.54. The molecule has 0 spiro atoms. The number of halogens is 1. The molecule has 1 fully saturated rings. The lowest BCUT2D eigenvalue weighted by Gasteiger charge is -2.21. The van der Waals surface area contributed by atoms with Crippen molar-refractivity contribution >= 4 is 34.9 Å². The molecule has 3 amide bonds. The summed E-state index contributed by atoms with van der Waals surface area (Å²) in [5.74, 6) is -0.0835. The summed E-state index contributed by atoms with van der Waals surface area (Å²) in [6.45, 7) is 0.572. The normalized spacial score (nSPS) is 14.3. The SMILES string of the molecule is O=C(CCCl)NC(=O)N(Cc1cccs1)C1CC1. The molecule has 0 atom stereocenters. The van der Waals surface area contributed by atoms with Gasteiger partial charge in [-0.25, -0.2) is 4.79 Å². The Balaban J connectivity index is 1.93. The largest absolute Gasteiger partial charge is 0.324 e. The maximum atomic E-state index is 12.0. The third-order valence-corrected chi connectivity index (χ3v) is 3.77. The van der Waals surface area contributed by atoms with Gasteiger partial charge in [0.15, 0.2) is 0 Å². The quantitative estimate of drug-likeness (QED) is 0.846. The second-order valence-corrected chi connectivity index (χ2v) is 5.64. The molecule has 6 heteroatoms. The Kier molecular flexibility index (Phi) is 4.60. The van der Waals surface area contributed by atoms with Gasteiger partial charge in [-0.2, -0.15) is 0 Å². The lowest BCUT2D eigenvalue weighted by molar-refractivity contribution is -0.119. The minimum Gasteiger partial charge on any atom is -0.316 e. The molecule has 4 nitrogen and oxygen atoms in total. The van der Waals surface area contributed by atoms with Gasteiger partial charge in [0.05, 0.1) is 6.54 Å². The van der Waals surface area contributed by atoms with Crippen molar-refractivity contribution in [2.75, 3.05) is 5.88 Å². The minimum atomic E-state index is -0.313. The first-order chi connectivity index (χ1) is 8.70. The number of thiophene rings is 1. The van der Waals surface area contributed by atoms with Crippen molar-refractivity contribution in [3.63, 3.8) is 0 Å². The molecule has 1 aromatic rings. The summed E-state index contributed by atoms with van der Waals surface area (Å²) in [4.78, 5) is 26.2. The van der Waals surface area contributed by atoms with Crippen LogP contribution in [0.5, 0.6) is 0 Å². The Hall–Kier alpha value is -1.07. The molecule has 0 saturated heterocycles. The number of carbonyl (C=O) groups excluding carboxylic acids is 2. The van der Waals surface area contributed by atoms with Crippen LogP contribution in [0.4, 0.5) is 4.79 Å². The highest BCUT2D eigenvalue weighted by Gasteiger charge is 2.33. The summed E-state index contributed by atoms with van der Waals surface area (Å²) in [5.41, 5.74) is 0. The Morgan fingerprint density at radius 2 is 2.28 bits per heavy atom. The smallest absolute Gasteiger partial charge is 0.316 e. The number of amides is 3. The van der Waals surface area contributed by atoms with Crippen LogP contribution < -0.4 is 5.32 Å². The van der Waals surface area contributed by atoms with Gasteiger partial charge in [-0.1, -0.05) is 6.07 Å². The molecule has 1 heterocycles. The van der Waals surface area contributed by atoms with Gasteiger partial charge in [0.1, 0.15) is 0 Å². The van der Waals surface area contributed by atoms with E-state index >= 15 is 0 Å². The van der Waals surface area contributed by atoms with E-state index in [1.807, 2.05) is 17.5 Å². The van der Waals surface area contributed by atoms with Gasteiger partial charge in [-0.05, 0) is 24.3 Å². The van der Waals surface area contributed by atoms with E-state index in [0.717, 1.165) is 17.7 Å². The molecule has 1 aliphatic carbocycles. The van der Waals surface area contributed by atoms with Crippen LogP contribution in [0.3, 0.4) is 0 Å². The van der Waals surface area contributed by atoms with Crippen LogP contribution >= 0.6 is 22.9 Å². The summed E-state index contributed by atoms with van der Waals surface area (Å²) in [6, 6.07) is 3.92. The van der Waals surface area contributed by atoms with Gasteiger partial charge in [0.2, 0.25) is 5.91 Å². The zero-order valence-electron chi connectivity index (χ0n) is 9.89. The molecule has 0 aliphatic heterocycles. The summed E-state index contributed by atoms with van der Waals surface area (Å²) >= 11 is 7.08. The molecular weight excluding hydrogens is 272 g/mol. The van der Waals surface area contributed by atoms with Crippen LogP contribution in [0.1, 0.15) is 24.1 Å². The van der Waals surface area contributed by atoms with Gasteiger partial charge in [-0.15, -0.1) is 22.9 Å². The number of rotatable bonds is 5. The van der Waals surface area contributed by atoms with E-state index in [2.05, 4.69) is 5.32 Å². The third kappa shape index (κ3) is 3.71. The second kappa shape index (κ2) is 6.20. The molecule has 1 aromatic heterocycles. The first kappa shape index (κ1) is 13.4. The van der Waals surface area contributed by atoms with Crippen LogP contribution in [0.15, 0.2) is 17.5 Å². The number of imide groups is 1. The van der Waals surface area contributed by atoms with E-state index in [4.69, 9.17) is 11.6 Å². The van der Waals surface area contributed by atoms with E-state index < -0.39 is 0 Å². The molecular formula is C12H15ClN2O2S. The average Bonchev–Trinajstić information content (AvgIpc) is 3.03. The predicted molar refractivity (Wildman–Crippen MR) is 71.8 cm³/mol. The predicted octanol–water partition coefficient (Wildman–Crippen LogP) is 2.58. The maximum Gasteiger partial charge on any atom is 0.324 e. The summed E-state index contributed by atoms with van der Waals surface area (Å²) in [5, 5.41) is 4.37. The highest BCUT2D eigenvalue weighted by atomic mass is 35.5. The van der Waals surface area contributed by atoms with Gasteiger partial charge in [-0.3, -0.25) is 10.1 Å². The average molecular weight is 287 g/mol. The molecule has 0 aromatic carbocycles. The van der Waals surface area contributed by atoms with Crippen molar-refractivity contribution in [2.24, 2.45) is 0 Å². The fourth-order valence-electron chi connectivity index (χ4n) is 1.66. The molecule has 1 saturated carbocycles. The molecule has 0 radical (unpaired) electrons. The molecule has 0 bridgehead atoms. The maximum absolute atomic E-state index is 12.0. The highest BCUT2D eigenvalue weighted by molar-refractivity contribution is 7.09. The van der Waals surface area contributed by atoms with Crippen LogP contribution in [-0.4, -0.2) is 28.8 Å². The fraction of sp³-hybridized carbons (Fsp3) is 0.500. The van der Waals surface area contributed by atoms with Crippen LogP contribution in [0, 0.1) is 0 Å². The summed E-state index contributed by atoms with van der Waals surface area (Å²) in [6.07, 6.45) is 2.20. The molecule has 18 heavy (non-hydrogen) atoms. The van der Waals surface area contributed by atoms with Crippen molar-refractivity contribution < 1.29 is 9.59 Å². The van der Waals surface area contributed by atoms with E-state index in [-0.39, 0.29) is 30.3 Å². The molecule has 1 N–H and O–H groups in total. The number of carbonyl (C=O) groups is 2. The van der Waals surface area contributed by atoms with Gasteiger partial charge in [0, 0.05) is 23.2 Å². The molecule has 0 unspecified atom stereocenters. The molecule has 98 valence electrons. The van der Waals surface area contributed by atoms with Crippen molar-refractivity contribution in [3.8, 4) is 0 Å². The zero-order valence-corrected chi connectivity index (χ0v) is 11.5. The van der Waals surface area contributed by atoms with Gasteiger partial charge in [0.25, 0.3) is 0 Å². The van der Waals surface area contributed by atoms with Crippen molar-refractivity contribution in [2.45, 2.75) is 31.8 Å². The van der Waals surface area contributed by atoms with Crippen LogP contribution in [0.25, 0.3) is 0 Å².